The molecular weight excluding hydrogens is 298 g/mol. The summed E-state index contributed by atoms with van der Waals surface area (Å²) in [6.45, 7) is 0. The molecule has 2 amide bonds. The number of benzene rings is 1. The van der Waals surface area contributed by atoms with Gasteiger partial charge in [0, 0.05) is 12.1 Å². The number of hydrogen-bond donors (Lipinski definition) is 1. The van der Waals surface area contributed by atoms with Crippen molar-refractivity contribution < 1.29 is 9.59 Å². The van der Waals surface area contributed by atoms with Crippen molar-refractivity contribution in [2.75, 3.05) is 12.4 Å². The second-order valence-corrected chi connectivity index (χ2v) is 5.19. The molecule has 0 saturated carbocycles. The van der Waals surface area contributed by atoms with Crippen molar-refractivity contribution >= 4 is 52.3 Å². The zero-order valence-electron chi connectivity index (χ0n) is 9.34. The van der Waals surface area contributed by atoms with Crippen LogP contribution in [0.25, 0.3) is 0 Å². The van der Waals surface area contributed by atoms with E-state index in [1.165, 1.54) is 19.2 Å². The van der Waals surface area contributed by atoms with Crippen molar-refractivity contribution in [1.29, 1.82) is 0 Å². The Kier molecular flexibility index (Phi) is 3.71. The number of hydrogen-bond acceptors (Lipinski definition) is 3. The molecular formula is C11H9Cl3N2O2. The van der Waals surface area contributed by atoms with E-state index in [0.717, 1.165) is 4.90 Å². The van der Waals surface area contributed by atoms with E-state index in [9.17, 15) is 9.59 Å². The van der Waals surface area contributed by atoms with Gasteiger partial charge in [0.2, 0.25) is 5.91 Å². The first-order chi connectivity index (χ1) is 8.40. The first-order valence-corrected chi connectivity index (χ1v) is 6.25. The first-order valence-electron chi connectivity index (χ1n) is 5.11. The third kappa shape index (κ3) is 2.41. The molecule has 18 heavy (non-hydrogen) atoms. The Hall–Kier alpha value is -0.970. The second kappa shape index (κ2) is 4.96. The predicted molar refractivity (Wildman–Crippen MR) is 71.3 cm³/mol. The minimum absolute atomic E-state index is 0.0879. The zero-order valence-corrected chi connectivity index (χ0v) is 11.6. The highest BCUT2D eigenvalue weighted by Crippen LogP contribution is 2.35. The normalized spacial score (nSPS) is 19.6. The smallest absolute Gasteiger partial charge is 0.251 e. The molecule has 1 atom stereocenters. The molecule has 7 heteroatoms. The molecule has 96 valence electrons. The van der Waals surface area contributed by atoms with Crippen LogP contribution in [-0.2, 0) is 9.59 Å². The molecule has 4 nitrogen and oxygen atoms in total. The van der Waals surface area contributed by atoms with Gasteiger partial charge in [-0.3, -0.25) is 14.5 Å². The van der Waals surface area contributed by atoms with Gasteiger partial charge >= 0.3 is 0 Å². The zero-order chi connectivity index (χ0) is 13.4. The van der Waals surface area contributed by atoms with Gasteiger partial charge in [-0.1, -0.05) is 34.8 Å². The Labute approximate surface area is 119 Å². The fraction of sp³-hybridized carbons (Fsp3) is 0.273. The van der Waals surface area contributed by atoms with E-state index in [1.807, 2.05) is 0 Å². The molecule has 0 aliphatic carbocycles. The van der Waals surface area contributed by atoms with Gasteiger partial charge in [0.1, 0.15) is 6.04 Å². The van der Waals surface area contributed by atoms with Crippen molar-refractivity contribution in [2.24, 2.45) is 0 Å². The molecule has 1 N–H and O–H groups in total. The summed E-state index contributed by atoms with van der Waals surface area (Å²) in [6.07, 6.45) is 0.0879. The van der Waals surface area contributed by atoms with E-state index in [1.54, 1.807) is 0 Å². The Morgan fingerprint density at radius 1 is 1.22 bits per heavy atom. The molecule has 1 saturated heterocycles. The summed E-state index contributed by atoms with van der Waals surface area (Å²) in [5.41, 5.74) is 0.407. The van der Waals surface area contributed by atoms with Gasteiger partial charge in [0.25, 0.3) is 5.91 Å². The van der Waals surface area contributed by atoms with Crippen molar-refractivity contribution in [1.82, 2.24) is 4.90 Å². The third-order valence-electron chi connectivity index (χ3n) is 2.71. The van der Waals surface area contributed by atoms with Crippen molar-refractivity contribution in [3.8, 4) is 0 Å². The molecule has 0 spiro atoms. The topological polar surface area (TPSA) is 49.4 Å². The van der Waals surface area contributed by atoms with Gasteiger partial charge < -0.3 is 5.32 Å². The summed E-state index contributed by atoms with van der Waals surface area (Å²) in [7, 11) is 1.44. The van der Waals surface area contributed by atoms with Gasteiger partial charge in [0.15, 0.2) is 0 Å². The molecule has 0 bridgehead atoms. The lowest BCUT2D eigenvalue weighted by atomic mass is 10.2. The van der Waals surface area contributed by atoms with E-state index >= 15 is 0 Å². The Morgan fingerprint density at radius 2 is 1.78 bits per heavy atom. The number of likely N-dealkylation sites (tertiary alicyclic amines) is 1. The third-order valence-corrected chi connectivity index (χ3v) is 3.52. The number of halogens is 3. The Balaban J connectivity index is 2.26. The Morgan fingerprint density at radius 3 is 2.22 bits per heavy atom. The molecule has 1 heterocycles. The highest BCUT2D eigenvalue weighted by molar-refractivity contribution is 6.41. The minimum atomic E-state index is -0.640. The summed E-state index contributed by atoms with van der Waals surface area (Å²) in [5, 5.41) is 3.90. The maximum absolute atomic E-state index is 11.7. The summed E-state index contributed by atoms with van der Waals surface area (Å²) in [5.74, 6) is -0.541. The second-order valence-electron chi connectivity index (χ2n) is 3.94. The van der Waals surface area contributed by atoms with Crippen LogP contribution in [0.2, 0.25) is 15.1 Å². The van der Waals surface area contributed by atoms with E-state index in [4.69, 9.17) is 34.8 Å². The van der Waals surface area contributed by atoms with Crippen LogP contribution in [0.15, 0.2) is 12.1 Å². The van der Waals surface area contributed by atoms with Crippen LogP contribution in [0, 0.1) is 0 Å². The van der Waals surface area contributed by atoms with Gasteiger partial charge in [-0.05, 0) is 12.1 Å². The van der Waals surface area contributed by atoms with Gasteiger partial charge in [-0.25, -0.2) is 0 Å². The predicted octanol–water partition coefficient (Wildman–Crippen LogP) is 2.82. The van der Waals surface area contributed by atoms with E-state index in [2.05, 4.69) is 5.32 Å². The molecule has 1 fully saturated rings. The molecule has 0 radical (unpaired) electrons. The number of nitrogens with zero attached hydrogens (tertiary/aromatic N) is 1. The van der Waals surface area contributed by atoms with Gasteiger partial charge in [0.05, 0.1) is 22.2 Å². The van der Waals surface area contributed by atoms with Crippen LogP contribution in [0.4, 0.5) is 5.69 Å². The van der Waals surface area contributed by atoms with Crippen LogP contribution >= 0.6 is 34.8 Å². The summed E-state index contributed by atoms with van der Waals surface area (Å²) < 4.78 is 0. The highest BCUT2D eigenvalue weighted by atomic mass is 35.5. The largest absolute Gasteiger partial charge is 0.371 e. The van der Waals surface area contributed by atoms with Crippen LogP contribution in [0.1, 0.15) is 6.42 Å². The molecule has 1 aromatic carbocycles. The lowest BCUT2D eigenvalue weighted by Crippen LogP contribution is -2.31. The lowest BCUT2D eigenvalue weighted by molar-refractivity contribution is -0.136. The van der Waals surface area contributed by atoms with E-state index < -0.39 is 6.04 Å². The summed E-state index contributed by atoms with van der Waals surface area (Å²) in [6, 6.07) is 2.39. The number of imide groups is 1. The SMILES string of the molecule is CN1C(=O)CC(Nc2c(Cl)cc(Cl)cc2Cl)C1=O. The molecule has 1 aliphatic heterocycles. The number of nitrogens with one attached hydrogen (secondary N) is 1. The number of anilines is 1. The maximum Gasteiger partial charge on any atom is 0.251 e. The quantitative estimate of drug-likeness (QED) is 0.855. The number of carbonyl (C=O) groups excluding carboxylic acids is 2. The van der Waals surface area contributed by atoms with Crippen LogP contribution < -0.4 is 5.32 Å². The highest BCUT2D eigenvalue weighted by Gasteiger charge is 2.36. The fourth-order valence-electron chi connectivity index (χ4n) is 1.72. The van der Waals surface area contributed by atoms with Crippen molar-refractivity contribution in [3.63, 3.8) is 0 Å². The summed E-state index contributed by atoms with van der Waals surface area (Å²) in [4.78, 5) is 24.2. The fourth-order valence-corrected chi connectivity index (χ4v) is 2.65. The monoisotopic (exact) mass is 306 g/mol. The van der Waals surface area contributed by atoms with E-state index in [0.29, 0.717) is 20.8 Å². The standard InChI is InChI=1S/C11H9Cl3N2O2/c1-16-9(17)4-8(11(16)18)15-10-6(13)2-5(12)3-7(10)14/h2-3,8,15H,4H2,1H3. The van der Waals surface area contributed by atoms with Crippen molar-refractivity contribution in [2.45, 2.75) is 12.5 Å². The van der Waals surface area contributed by atoms with E-state index in [-0.39, 0.29) is 18.2 Å². The van der Waals surface area contributed by atoms with Crippen LogP contribution in [-0.4, -0.2) is 29.8 Å². The molecule has 1 aliphatic rings. The van der Waals surface area contributed by atoms with Crippen LogP contribution in [0.3, 0.4) is 0 Å². The number of likely N-dealkylation sites (N-methyl/N-ethyl adjacent to an activating group) is 1. The molecule has 1 unspecified atom stereocenters. The maximum atomic E-state index is 11.7. The number of rotatable bonds is 2. The molecule has 2 rings (SSSR count). The minimum Gasteiger partial charge on any atom is -0.371 e. The van der Waals surface area contributed by atoms with Crippen molar-refractivity contribution in [3.05, 3.63) is 27.2 Å². The number of amides is 2. The van der Waals surface area contributed by atoms with Gasteiger partial charge in [-0.2, -0.15) is 0 Å². The average molecular weight is 308 g/mol. The van der Waals surface area contributed by atoms with Gasteiger partial charge in [-0.15, -0.1) is 0 Å². The molecule has 1 aromatic rings. The summed E-state index contributed by atoms with van der Waals surface area (Å²) >= 11 is 17.8. The average Bonchev–Trinajstić information content (AvgIpc) is 2.51. The Bertz CT molecular complexity index is 510. The van der Waals surface area contributed by atoms with Crippen LogP contribution in [0.5, 0.6) is 0 Å². The first kappa shape index (κ1) is 13.5. The molecule has 0 aromatic heterocycles. The lowest BCUT2D eigenvalue weighted by Gasteiger charge is -2.15. The number of carbonyl (C=O) groups is 2.